The normalized spacial score (nSPS) is 9.81. The maximum absolute atomic E-state index is 12.3. The zero-order chi connectivity index (χ0) is 15.1. The Morgan fingerprint density at radius 1 is 1.33 bits per heavy atom. The fraction of sp³-hybridized carbons (Fsp3) is 0.235. The van der Waals surface area contributed by atoms with Crippen LogP contribution in [0, 0.1) is 11.8 Å². The van der Waals surface area contributed by atoms with E-state index in [2.05, 4.69) is 24.0 Å². The van der Waals surface area contributed by atoms with E-state index in [0.717, 1.165) is 11.3 Å². The Kier molecular flexibility index (Phi) is 5.56. The highest BCUT2D eigenvalue weighted by Gasteiger charge is 2.13. The van der Waals surface area contributed by atoms with Gasteiger partial charge in [-0.05, 0) is 18.1 Å². The van der Waals surface area contributed by atoms with E-state index in [1.807, 2.05) is 30.6 Å². The van der Waals surface area contributed by atoms with Crippen LogP contribution in [0.5, 0.6) is 0 Å². The molecule has 1 N–H and O–H groups in total. The Balaban J connectivity index is 1.94. The number of aliphatic hydroxyl groups excluding tert-OH is 1. The van der Waals surface area contributed by atoms with Crippen molar-refractivity contribution in [1.29, 1.82) is 0 Å². The maximum atomic E-state index is 12.3. The van der Waals surface area contributed by atoms with Gasteiger partial charge in [0.1, 0.15) is 6.61 Å². The Morgan fingerprint density at radius 2 is 2.10 bits per heavy atom. The van der Waals surface area contributed by atoms with Crippen molar-refractivity contribution >= 4 is 17.2 Å². The SMILES string of the molecule is CN(CCc1ccccc1)C(=O)c1csc(C#CCO)c1. The summed E-state index contributed by atoms with van der Waals surface area (Å²) in [5, 5.41) is 10.5. The average molecular weight is 299 g/mol. The molecule has 1 aromatic carbocycles. The van der Waals surface area contributed by atoms with Gasteiger partial charge in [-0.15, -0.1) is 11.3 Å². The summed E-state index contributed by atoms with van der Waals surface area (Å²) < 4.78 is 0. The molecule has 0 aliphatic rings. The van der Waals surface area contributed by atoms with Gasteiger partial charge in [-0.1, -0.05) is 42.2 Å². The Bertz CT molecular complexity index is 652. The first-order chi connectivity index (χ1) is 10.2. The molecule has 0 saturated carbocycles. The van der Waals surface area contributed by atoms with Crippen LogP contribution in [-0.2, 0) is 6.42 Å². The monoisotopic (exact) mass is 299 g/mol. The summed E-state index contributed by atoms with van der Waals surface area (Å²) in [5.41, 5.74) is 1.87. The summed E-state index contributed by atoms with van der Waals surface area (Å²) in [5.74, 6) is 5.40. The Labute approximate surface area is 128 Å². The molecule has 1 heterocycles. The van der Waals surface area contributed by atoms with E-state index in [4.69, 9.17) is 5.11 Å². The van der Waals surface area contributed by atoms with Crippen LogP contribution in [0.1, 0.15) is 20.8 Å². The molecule has 0 saturated heterocycles. The van der Waals surface area contributed by atoms with Crippen molar-refractivity contribution in [3.8, 4) is 11.8 Å². The van der Waals surface area contributed by atoms with Crippen LogP contribution in [0.15, 0.2) is 41.8 Å². The molecule has 1 aromatic heterocycles. The second kappa shape index (κ2) is 7.63. The number of nitrogens with zero attached hydrogens (tertiary/aromatic N) is 1. The van der Waals surface area contributed by atoms with Crippen LogP contribution < -0.4 is 0 Å². The predicted octanol–water partition coefficient (Wildman–Crippen LogP) is 2.41. The van der Waals surface area contributed by atoms with E-state index in [1.165, 1.54) is 16.9 Å². The Hall–Kier alpha value is -2.09. The van der Waals surface area contributed by atoms with Crippen LogP contribution in [-0.4, -0.2) is 36.1 Å². The highest BCUT2D eigenvalue weighted by molar-refractivity contribution is 7.10. The number of benzene rings is 1. The molecule has 0 radical (unpaired) electrons. The van der Waals surface area contributed by atoms with Gasteiger partial charge in [0.25, 0.3) is 5.91 Å². The van der Waals surface area contributed by atoms with Gasteiger partial charge in [0.05, 0.1) is 10.4 Å². The highest BCUT2D eigenvalue weighted by atomic mass is 32.1. The van der Waals surface area contributed by atoms with Crippen LogP contribution in [0.2, 0.25) is 0 Å². The summed E-state index contributed by atoms with van der Waals surface area (Å²) >= 11 is 1.42. The molecule has 4 heteroatoms. The molecule has 0 fully saturated rings. The maximum Gasteiger partial charge on any atom is 0.254 e. The van der Waals surface area contributed by atoms with Gasteiger partial charge >= 0.3 is 0 Å². The van der Waals surface area contributed by atoms with Crippen molar-refractivity contribution < 1.29 is 9.90 Å². The summed E-state index contributed by atoms with van der Waals surface area (Å²) in [6, 6.07) is 11.9. The number of carbonyl (C=O) groups excluding carboxylic acids is 1. The molecule has 0 aliphatic carbocycles. The van der Waals surface area contributed by atoms with Crippen LogP contribution in [0.4, 0.5) is 0 Å². The average Bonchev–Trinajstić information content (AvgIpc) is 2.99. The van der Waals surface area contributed by atoms with Gasteiger partial charge in [0.15, 0.2) is 0 Å². The number of hydrogen-bond acceptors (Lipinski definition) is 3. The number of hydrogen-bond donors (Lipinski definition) is 1. The molecular formula is C17H17NO2S. The molecule has 3 nitrogen and oxygen atoms in total. The van der Waals surface area contributed by atoms with Crippen molar-refractivity contribution in [1.82, 2.24) is 4.90 Å². The zero-order valence-electron chi connectivity index (χ0n) is 11.9. The third-order valence-corrected chi connectivity index (χ3v) is 3.91. The quantitative estimate of drug-likeness (QED) is 0.881. The van der Waals surface area contributed by atoms with E-state index >= 15 is 0 Å². The lowest BCUT2D eigenvalue weighted by atomic mass is 10.1. The molecule has 2 aromatic rings. The second-order valence-corrected chi connectivity index (χ2v) is 5.53. The molecule has 21 heavy (non-hydrogen) atoms. The molecule has 0 bridgehead atoms. The first-order valence-electron chi connectivity index (χ1n) is 6.68. The molecule has 0 atom stereocenters. The smallest absolute Gasteiger partial charge is 0.254 e. The number of carbonyl (C=O) groups is 1. The van der Waals surface area contributed by atoms with Gasteiger partial charge < -0.3 is 10.0 Å². The molecular weight excluding hydrogens is 282 g/mol. The molecule has 0 spiro atoms. The van der Waals surface area contributed by atoms with E-state index in [-0.39, 0.29) is 12.5 Å². The molecule has 0 unspecified atom stereocenters. The van der Waals surface area contributed by atoms with E-state index in [9.17, 15) is 4.79 Å². The minimum Gasteiger partial charge on any atom is -0.384 e. The lowest BCUT2D eigenvalue weighted by molar-refractivity contribution is 0.0797. The van der Waals surface area contributed by atoms with Crippen molar-refractivity contribution in [3.63, 3.8) is 0 Å². The summed E-state index contributed by atoms with van der Waals surface area (Å²) in [6.07, 6.45) is 0.838. The number of amides is 1. The highest BCUT2D eigenvalue weighted by Crippen LogP contribution is 2.15. The fourth-order valence-corrected chi connectivity index (χ4v) is 2.65. The lowest BCUT2D eigenvalue weighted by Crippen LogP contribution is -2.28. The molecule has 0 aliphatic heterocycles. The minimum absolute atomic E-state index is 0.000713. The van der Waals surface area contributed by atoms with Crippen molar-refractivity contribution in [3.05, 3.63) is 57.8 Å². The van der Waals surface area contributed by atoms with Crippen LogP contribution in [0.25, 0.3) is 0 Å². The second-order valence-electron chi connectivity index (χ2n) is 4.62. The van der Waals surface area contributed by atoms with Gasteiger partial charge in [-0.3, -0.25) is 4.79 Å². The van der Waals surface area contributed by atoms with Crippen molar-refractivity contribution in [2.24, 2.45) is 0 Å². The molecule has 2 rings (SSSR count). The summed E-state index contributed by atoms with van der Waals surface area (Å²) in [6.45, 7) is 0.508. The van der Waals surface area contributed by atoms with Gasteiger partial charge in [-0.25, -0.2) is 0 Å². The largest absolute Gasteiger partial charge is 0.384 e. The van der Waals surface area contributed by atoms with E-state index in [1.54, 1.807) is 11.0 Å². The predicted molar refractivity (Wildman–Crippen MR) is 85.4 cm³/mol. The molecule has 1 amide bonds. The van der Waals surface area contributed by atoms with Gasteiger partial charge in [0.2, 0.25) is 0 Å². The summed E-state index contributed by atoms with van der Waals surface area (Å²) in [7, 11) is 1.81. The first kappa shape index (κ1) is 15.3. The van der Waals surface area contributed by atoms with Gasteiger partial charge in [-0.2, -0.15) is 0 Å². The first-order valence-corrected chi connectivity index (χ1v) is 7.56. The minimum atomic E-state index is -0.168. The number of thiophene rings is 1. The van der Waals surface area contributed by atoms with Crippen molar-refractivity contribution in [2.75, 3.05) is 20.2 Å². The van der Waals surface area contributed by atoms with Gasteiger partial charge in [0, 0.05) is 19.0 Å². The third kappa shape index (κ3) is 4.45. The molecule has 108 valence electrons. The van der Waals surface area contributed by atoms with Crippen LogP contribution in [0.3, 0.4) is 0 Å². The standard InChI is InChI=1S/C17H17NO2S/c1-18(10-9-14-6-3-2-4-7-14)17(20)15-12-16(21-13-15)8-5-11-19/h2-4,6-7,12-13,19H,9-11H2,1H3. The third-order valence-electron chi connectivity index (χ3n) is 3.06. The number of aliphatic hydroxyl groups is 1. The van der Waals surface area contributed by atoms with Crippen LogP contribution >= 0.6 is 11.3 Å². The number of likely N-dealkylation sites (N-methyl/N-ethyl adjacent to an activating group) is 1. The summed E-state index contributed by atoms with van der Waals surface area (Å²) in [4.78, 5) is 14.8. The van der Waals surface area contributed by atoms with E-state index in [0.29, 0.717) is 12.1 Å². The fourth-order valence-electron chi connectivity index (χ4n) is 1.90. The Morgan fingerprint density at radius 3 is 2.81 bits per heavy atom. The lowest BCUT2D eigenvalue weighted by Gasteiger charge is -2.16. The zero-order valence-corrected chi connectivity index (χ0v) is 12.7. The topological polar surface area (TPSA) is 40.5 Å². The number of rotatable bonds is 4. The van der Waals surface area contributed by atoms with Crippen molar-refractivity contribution in [2.45, 2.75) is 6.42 Å². The van der Waals surface area contributed by atoms with E-state index < -0.39 is 0 Å².